The van der Waals surface area contributed by atoms with Crippen molar-refractivity contribution in [3.8, 4) is 5.75 Å². The number of hydrogen-bond donors (Lipinski definition) is 1. The summed E-state index contributed by atoms with van der Waals surface area (Å²) >= 11 is 1.25. The molecule has 0 bridgehead atoms. The van der Waals surface area contributed by atoms with Crippen LogP contribution in [0.3, 0.4) is 0 Å². The monoisotopic (exact) mass is 458 g/mol. The van der Waals surface area contributed by atoms with Gasteiger partial charge in [0.2, 0.25) is 0 Å². The predicted octanol–water partition coefficient (Wildman–Crippen LogP) is 5.51. The zero-order valence-corrected chi connectivity index (χ0v) is 19.0. The number of benzene rings is 3. The van der Waals surface area contributed by atoms with E-state index in [1.807, 2.05) is 42.5 Å². The molecule has 0 radical (unpaired) electrons. The second-order valence-corrected chi connectivity index (χ2v) is 8.58. The van der Waals surface area contributed by atoms with Crippen molar-refractivity contribution in [1.82, 2.24) is 4.90 Å². The summed E-state index contributed by atoms with van der Waals surface area (Å²) in [5, 5.41) is 9.65. The van der Waals surface area contributed by atoms with Crippen molar-refractivity contribution in [3.05, 3.63) is 100.0 Å². The van der Waals surface area contributed by atoms with Crippen LogP contribution in [0.15, 0.2) is 82.7 Å². The molecule has 0 atom stereocenters. The van der Waals surface area contributed by atoms with E-state index in [4.69, 9.17) is 9.84 Å². The number of rotatable bonds is 6. The molecule has 3 aromatic carbocycles. The standard InChI is InChI=1S/C26H22N2O4S/c1-17-6-8-19(9-7-17)16-32-22-12-10-18(11-13-22)14-23-24(29)28(2)26(33-23)27-21-5-3-4-20(15-21)25(30)31/h3-15H,16H2,1-2H3,(H,30,31). The molecule has 0 unspecified atom stereocenters. The van der Waals surface area contributed by atoms with Gasteiger partial charge in [0.05, 0.1) is 16.2 Å². The lowest BCUT2D eigenvalue weighted by molar-refractivity contribution is -0.121. The van der Waals surface area contributed by atoms with Gasteiger partial charge in [-0.05, 0) is 66.2 Å². The molecule has 1 fully saturated rings. The molecule has 1 aliphatic rings. The number of nitrogens with zero attached hydrogens (tertiary/aromatic N) is 2. The fourth-order valence-corrected chi connectivity index (χ4v) is 4.12. The Labute approximate surface area is 196 Å². The Bertz CT molecular complexity index is 1250. The lowest BCUT2D eigenvalue weighted by atomic mass is 10.1. The average Bonchev–Trinajstić information content (AvgIpc) is 3.07. The number of amidine groups is 1. The third-order valence-electron chi connectivity index (χ3n) is 5.03. The molecule has 0 aliphatic carbocycles. The van der Waals surface area contributed by atoms with Gasteiger partial charge in [0, 0.05) is 7.05 Å². The predicted molar refractivity (Wildman–Crippen MR) is 131 cm³/mol. The van der Waals surface area contributed by atoms with Gasteiger partial charge in [-0.15, -0.1) is 0 Å². The highest BCUT2D eigenvalue weighted by molar-refractivity contribution is 8.18. The van der Waals surface area contributed by atoms with Crippen LogP contribution in [-0.2, 0) is 11.4 Å². The first-order valence-electron chi connectivity index (χ1n) is 10.3. The number of aromatic carboxylic acids is 1. The molecule has 7 heteroatoms. The summed E-state index contributed by atoms with van der Waals surface area (Å²) < 4.78 is 5.84. The summed E-state index contributed by atoms with van der Waals surface area (Å²) in [7, 11) is 1.65. The minimum atomic E-state index is -1.02. The lowest BCUT2D eigenvalue weighted by Crippen LogP contribution is -2.23. The highest BCUT2D eigenvalue weighted by Crippen LogP contribution is 2.33. The zero-order chi connectivity index (χ0) is 23.4. The van der Waals surface area contributed by atoms with Crippen molar-refractivity contribution >= 4 is 40.6 Å². The fourth-order valence-electron chi connectivity index (χ4n) is 3.13. The first-order valence-corrected chi connectivity index (χ1v) is 11.1. The number of likely N-dealkylation sites (N-methyl/N-ethyl adjacent to an activating group) is 1. The highest BCUT2D eigenvalue weighted by Gasteiger charge is 2.30. The van der Waals surface area contributed by atoms with Crippen LogP contribution in [0.5, 0.6) is 5.75 Å². The number of carboxylic acid groups (broad SMARTS) is 1. The van der Waals surface area contributed by atoms with Crippen LogP contribution in [0, 0.1) is 6.92 Å². The molecule has 6 nitrogen and oxygen atoms in total. The summed E-state index contributed by atoms with van der Waals surface area (Å²) in [6.45, 7) is 2.54. The molecule has 0 spiro atoms. The summed E-state index contributed by atoms with van der Waals surface area (Å²) in [4.78, 5) is 30.3. The Kier molecular flexibility index (Phi) is 6.60. The van der Waals surface area contributed by atoms with Crippen molar-refractivity contribution < 1.29 is 19.4 Å². The largest absolute Gasteiger partial charge is 0.489 e. The van der Waals surface area contributed by atoms with Gasteiger partial charge in [-0.1, -0.05) is 48.0 Å². The van der Waals surface area contributed by atoms with Crippen LogP contribution in [0.4, 0.5) is 5.69 Å². The number of carbonyl (C=O) groups excluding carboxylic acids is 1. The Morgan fingerprint density at radius 2 is 1.82 bits per heavy atom. The maximum atomic E-state index is 12.7. The van der Waals surface area contributed by atoms with Gasteiger partial charge in [-0.2, -0.15) is 0 Å². The lowest BCUT2D eigenvalue weighted by Gasteiger charge is -2.07. The van der Waals surface area contributed by atoms with Crippen molar-refractivity contribution in [2.45, 2.75) is 13.5 Å². The van der Waals surface area contributed by atoms with Crippen LogP contribution in [0.1, 0.15) is 27.0 Å². The molecular formula is C26H22N2O4S. The van der Waals surface area contributed by atoms with Gasteiger partial charge in [-0.3, -0.25) is 9.69 Å². The third kappa shape index (κ3) is 5.51. The molecule has 0 aromatic heterocycles. The quantitative estimate of drug-likeness (QED) is 0.493. The zero-order valence-electron chi connectivity index (χ0n) is 18.2. The number of carbonyl (C=O) groups is 2. The summed E-state index contributed by atoms with van der Waals surface area (Å²) in [5.74, 6) is -0.430. The second-order valence-electron chi connectivity index (χ2n) is 7.57. The Hall–Kier alpha value is -3.84. The van der Waals surface area contributed by atoms with E-state index in [0.717, 1.165) is 16.9 Å². The van der Waals surface area contributed by atoms with E-state index in [0.29, 0.717) is 22.4 Å². The summed E-state index contributed by atoms with van der Waals surface area (Å²) in [6.07, 6.45) is 1.81. The fraction of sp³-hybridized carbons (Fsp3) is 0.115. The summed E-state index contributed by atoms with van der Waals surface area (Å²) in [6, 6.07) is 22.1. The van der Waals surface area contributed by atoms with Crippen molar-refractivity contribution in [1.29, 1.82) is 0 Å². The number of thioether (sulfide) groups is 1. The van der Waals surface area contributed by atoms with E-state index < -0.39 is 5.97 Å². The van der Waals surface area contributed by atoms with Crippen LogP contribution in [0.2, 0.25) is 0 Å². The number of hydrogen-bond acceptors (Lipinski definition) is 5. The highest BCUT2D eigenvalue weighted by atomic mass is 32.2. The molecule has 1 aliphatic heterocycles. The van der Waals surface area contributed by atoms with Gasteiger partial charge >= 0.3 is 5.97 Å². The first kappa shape index (κ1) is 22.4. The van der Waals surface area contributed by atoms with E-state index in [-0.39, 0.29) is 11.5 Å². The second kappa shape index (κ2) is 9.75. The molecule has 33 heavy (non-hydrogen) atoms. The SMILES string of the molecule is Cc1ccc(COc2ccc(C=C3SC(=Nc4cccc(C(=O)O)c4)N(C)C3=O)cc2)cc1. The van der Waals surface area contributed by atoms with Crippen LogP contribution in [0.25, 0.3) is 6.08 Å². The van der Waals surface area contributed by atoms with E-state index in [1.54, 1.807) is 19.2 Å². The molecular weight excluding hydrogens is 436 g/mol. The van der Waals surface area contributed by atoms with Crippen molar-refractivity contribution in [2.75, 3.05) is 7.05 Å². The topological polar surface area (TPSA) is 79.2 Å². The maximum absolute atomic E-state index is 12.7. The van der Waals surface area contributed by atoms with E-state index in [9.17, 15) is 9.59 Å². The Balaban J connectivity index is 1.45. The number of aliphatic imine (C=N–C) groups is 1. The Morgan fingerprint density at radius 1 is 1.09 bits per heavy atom. The van der Waals surface area contributed by atoms with Crippen molar-refractivity contribution in [2.24, 2.45) is 4.99 Å². The van der Waals surface area contributed by atoms with Gasteiger partial charge < -0.3 is 9.84 Å². The summed E-state index contributed by atoms with van der Waals surface area (Å²) in [5.41, 5.74) is 3.81. The third-order valence-corrected chi connectivity index (χ3v) is 6.09. The minimum Gasteiger partial charge on any atom is -0.489 e. The minimum absolute atomic E-state index is 0.147. The number of ether oxygens (including phenoxy) is 1. The van der Waals surface area contributed by atoms with Gasteiger partial charge in [0.15, 0.2) is 5.17 Å². The molecule has 166 valence electrons. The van der Waals surface area contributed by atoms with Crippen LogP contribution < -0.4 is 4.74 Å². The molecule has 3 aromatic rings. The number of amides is 1. The van der Waals surface area contributed by atoms with Gasteiger partial charge in [0.1, 0.15) is 12.4 Å². The van der Waals surface area contributed by atoms with Crippen LogP contribution in [-0.4, -0.2) is 34.1 Å². The average molecular weight is 459 g/mol. The normalized spacial score (nSPS) is 15.9. The number of carboxylic acids is 1. The van der Waals surface area contributed by atoms with E-state index in [1.165, 1.54) is 34.4 Å². The molecule has 1 heterocycles. The molecule has 1 amide bonds. The van der Waals surface area contributed by atoms with Crippen molar-refractivity contribution in [3.63, 3.8) is 0 Å². The Morgan fingerprint density at radius 3 is 2.52 bits per heavy atom. The molecule has 4 rings (SSSR count). The van der Waals surface area contributed by atoms with Crippen LogP contribution >= 0.6 is 11.8 Å². The van der Waals surface area contributed by atoms with E-state index >= 15 is 0 Å². The maximum Gasteiger partial charge on any atom is 0.335 e. The number of aryl methyl sites for hydroxylation is 1. The van der Waals surface area contributed by atoms with Gasteiger partial charge in [-0.25, -0.2) is 9.79 Å². The molecule has 1 saturated heterocycles. The smallest absolute Gasteiger partial charge is 0.335 e. The molecule has 0 saturated carbocycles. The first-order chi connectivity index (χ1) is 15.9. The molecule has 1 N–H and O–H groups in total. The van der Waals surface area contributed by atoms with E-state index in [2.05, 4.69) is 24.0 Å². The van der Waals surface area contributed by atoms with Gasteiger partial charge in [0.25, 0.3) is 5.91 Å².